The summed E-state index contributed by atoms with van der Waals surface area (Å²) < 4.78 is 5.48. The van der Waals surface area contributed by atoms with Gasteiger partial charge in [0.2, 0.25) is 0 Å². The first-order chi connectivity index (χ1) is 10.5. The standard InChI is InChI=1S/C15H17NO3S3/c1-3-4-6-19-13(17)9-16-14(18)12(22-15(16)20)8-11-10(2)5-7-21-11/h5,7-8H,3-4,6,9H2,1-2H3/b12-8-. The van der Waals surface area contributed by atoms with Gasteiger partial charge in [0.25, 0.3) is 5.91 Å². The molecule has 7 heteroatoms. The van der Waals surface area contributed by atoms with E-state index in [9.17, 15) is 9.59 Å². The summed E-state index contributed by atoms with van der Waals surface area (Å²) in [5.74, 6) is -0.645. The van der Waals surface area contributed by atoms with Crippen molar-refractivity contribution in [2.75, 3.05) is 13.2 Å². The Morgan fingerprint density at radius 1 is 1.50 bits per heavy atom. The number of esters is 1. The molecule has 0 atom stereocenters. The highest BCUT2D eigenvalue weighted by atomic mass is 32.2. The molecule has 0 bridgehead atoms. The Kier molecular flexibility index (Phi) is 6.16. The average molecular weight is 356 g/mol. The molecule has 1 fully saturated rings. The van der Waals surface area contributed by atoms with Gasteiger partial charge in [0.05, 0.1) is 11.5 Å². The summed E-state index contributed by atoms with van der Waals surface area (Å²) in [5.41, 5.74) is 1.12. The van der Waals surface area contributed by atoms with Crippen LogP contribution < -0.4 is 0 Å². The van der Waals surface area contributed by atoms with E-state index in [4.69, 9.17) is 17.0 Å². The summed E-state index contributed by atoms with van der Waals surface area (Å²) in [4.78, 5) is 27.0. The SMILES string of the molecule is CCCCOC(=O)CN1C(=O)/C(=C/c2sccc2C)SC1=S. The number of carbonyl (C=O) groups is 2. The van der Waals surface area contributed by atoms with Crippen molar-refractivity contribution < 1.29 is 14.3 Å². The van der Waals surface area contributed by atoms with Crippen LogP contribution in [0.1, 0.15) is 30.2 Å². The fraction of sp³-hybridized carbons (Fsp3) is 0.400. The van der Waals surface area contributed by atoms with Gasteiger partial charge in [-0.1, -0.05) is 37.3 Å². The molecular weight excluding hydrogens is 338 g/mol. The van der Waals surface area contributed by atoms with Crippen LogP contribution in [0, 0.1) is 6.92 Å². The van der Waals surface area contributed by atoms with Gasteiger partial charge in [-0.05, 0) is 36.4 Å². The highest BCUT2D eigenvalue weighted by Crippen LogP contribution is 2.33. The predicted molar refractivity (Wildman–Crippen MR) is 94.8 cm³/mol. The number of amides is 1. The normalized spacial score (nSPS) is 16.6. The first kappa shape index (κ1) is 17.2. The highest BCUT2D eigenvalue weighted by Gasteiger charge is 2.33. The van der Waals surface area contributed by atoms with Crippen LogP contribution in [-0.4, -0.2) is 34.2 Å². The zero-order valence-corrected chi connectivity index (χ0v) is 14.9. The Bertz CT molecular complexity index is 621. The maximum Gasteiger partial charge on any atom is 0.326 e. The number of nitrogens with zero attached hydrogens (tertiary/aromatic N) is 1. The fourth-order valence-corrected chi connectivity index (χ4v) is 3.96. The van der Waals surface area contributed by atoms with Crippen LogP contribution in [0.15, 0.2) is 16.4 Å². The van der Waals surface area contributed by atoms with Gasteiger partial charge >= 0.3 is 5.97 Å². The van der Waals surface area contributed by atoms with Crippen LogP contribution in [-0.2, 0) is 14.3 Å². The molecule has 0 aliphatic carbocycles. The lowest BCUT2D eigenvalue weighted by Gasteiger charge is -2.13. The highest BCUT2D eigenvalue weighted by molar-refractivity contribution is 8.26. The van der Waals surface area contributed by atoms with Crippen molar-refractivity contribution in [1.82, 2.24) is 4.90 Å². The molecule has 2 rings (SSSR count). The first-order valence-corrected chi connectivity index (χ1v) is 9.08. The molecule has 1 saturated heterocycles. The van der Waals surface area contributed by atoms with Crippen molar-refractivity contribution in [1.29, 1.82) is 0 Å². The maximum absolute atomic E-state index is 12.4. The minimum Gasteiger partial charge on any atom is -0.464 e. The van der Waals surface area contributed by atoms with E-state index >= 15 is 0 Å². The van der Waals surface area contributed by atoms with Crippen LogP contribution in [0.4, 0.5) is 0 Å². The number of ether oxygens (including phenoxy) is 1. The van der Waals surface area contributed by atoms with Crippen LogP contribution in [0.5, 0.6) is 0 Å². The summed E-state index contributed by atoms with van der Waals surface area (Å²) in [6.45, 7) is 4.28. The van der Waals surface area contributed by atoms with Gasteiger partial charge in [0.15, 0.2) is 0 Å². The molecule has 0 N–H and O–H groups in total. The molecule has 1 amide bonds. The van der Waals surface area contributed by atoms with E-state index in [2.05, 4.69) is 0 Å². The number of carbonyl (C=O) groups excluding carboxylic acids is 2. The Morgan fingerprint density at radius 2 is 2.27 bits per heavy atom. The summed E-state index contributed by atoms with van der Waals surface area (Å²) in [5, 5.41) is 1.98. The molecule has 22 heavy (non-hydrogen) atoms. The van der Waals surface area contributed by atoms with Gasteiger partial charge in [0.1, 0.15) is 10.9 Å². The van der Waals surface area contributed by atoms with E-state index < -0.39 is 5.97 Å². The van der Waals surface area contributed by atoms with Crippen LogP contribution >= 0.6 is 35.3 Å². The van der Waals surface area contributed by atoms with Gasteiger partial charge in [-0.15, -0.1) is 11.3 Å². The van der Waals surface area contributed by atoms with E-state index in [1.54, 1.807) is 11.3 Å². The molecule has 1 aromatic heterocycles. The number of hydrogen-bond acceptors (Lipinski definition) is 6. The third-order valence-electron chi connectivity index (χ3n) is 3.09. The molecule has 1 aromatic rings. The Labute approximate surface area is 143 Å². The van der Waals surface area contributed by atoms with E-state index in [0.717, 1.165) is 23.3 Å². The Balaban J connectivity index is 2.01. The Morgan fingerprint density at radius 3 is 2.91 bits per heavy atom. The molecule has 0 spiro atoms. The van der Waals surface area contributed by atoms with E-state index in [0.29, 0.717) is 15.8 Å². The number of aryl methyl sites for hydroxylation is 1. The summed E-state index contributed by atoms with van der Waals surface area (Å²) >= 11 is 8.00. The van der Waals surface area contributed by atoms with Gasteiger partial charge in [-0.25, -0.2) is 0 Å². The molecule has 1 aliphatic heterocycles. The molecule has 0 radical (unpaired) electrons. The van der Waals surface area contributed by atoms with Crippen molar-refractivity contribution in [3.05, 3.63) is 26.8 Å². The number of thiocarbonyl (C=S) groups is 1. The van der Waals surface area contributed by atoms with Crippen molar-refractivity contribution >= 4 is 57.6 Å². The van der Waals surface area contributed by atoms with Gasteiger partial charge < -0.3 is 4.74 Å². The van der Waals surface area contributed by atoms with Gasteiger partial charge in [-0.2, -0.15) is 0 Å². The van der Waals surface area contributed by atoms with Gasteiger partial charge in [-0.3, -0.25) is 14.5 Å². The topological polar surface area (TPSA) is 46.6 Å². The fourth-order valence-electron chi connectivity index (χ4n) is 1.79. The van der Waals surface area contributed by atoms with E-state index in [1.807, 2.05) is 31.4 Å². The van der Waals surface area contributed by atoms with Crippen molar-refractivity contribution in [3.63, 3.8) is 0 Å². The first-order valence-electron chi connectivity index (χ1n) is 6.98. The predicted octanol–water partition coefficient (Wildman–Crippen LogP) is 3.60. The zero-order chi connectivity index (χ0) is 16.1. The lowest BCUT2D eigenvalue weighted by molar-refractivity contribution is -0.146. The second-order valence-corrected chi connectivity index (χ2v) is 7.43. The number of thiophene rings is 1. The zero-order valence-electron chi connectivity index (χ0n) is 12.5. The largest absolute Gasteiger partial charge is 0.464 e. The minimum absolute atomic E-state index is 0.116. The molecule has 4 nitrogen and oxygen atoms in total. The molecule has 0 unspecified atom stereocenters. The summed E-state index contributed by atoms with van der Waals surface area (Å²) in [6, 6.07) is 2.00. The molecule has 1 aliphatic rings. The third kappa shape index (κ3) is 4.18. The molecule has 2 heterocycles. The maximum atomic E-state index is 12.4. The van der Waals surface area contributed by atoms with Crippen molar-refractivity contribution in [3.8, 4) is 0 Å². The van der Waals surface area contributed by atoms with Crippen LogP contribution in [0.3, 0.4) is 0 Å². The quantitative estimate of drug-likeness (QED) is 0.338. The van der Waals surface area contributed by atoms with Crippen molar-refractivity contribution in [2.24, 2.45) is 0 Å². The molecule has 0 aromatic carbocycles. The summed E-state index contributed by atoms with van der Waals surface area (Å²) in [6.07, 6.45) is 3.61. The third-order valence-corrected chi connectivity index (χ3v) is 5.43. The number of thioether (sulfide) groups is 1. The van der Waals surface area contributed by atoms with E-state index in [1.165, 1.54) is 16.7 Å². The smallest absolute Gasteiger partial charge is 0.326 e. The number of rotatable bonds is 6. The lowest BCUT2D eigenvalue weighted by Crippen LogP contribution is -2.34. The minimum atomic E-state index is -0.418. The second-order valence-electron chi connectivity index (χ2n) is 4.81. The lowest BCUT2D eigenvalue weighted by atomic mass is 10.2. The Hall–Kier alpha value is -1.18. The second kappa shape index (κ2) is 7.89. The average Bonchev–Trinajstić information content (AvgIpc) is 2.99. The number of hydrogen-bond donors (Lipinski definition) is 0. The molecular formula is C15H17NO3S3. The molecule has 0 saturated carbocycles. The van der Waals surface area contributed by atoms with Gasteiger partial charge in [0, 0.05) is 4.88 Å². The number of unbranched alkanes of at least 4 members (excludes halogenated alkanes) is 1. The van der Waals surface area contributed by atoms with Crippen LogP contribution in [0.25, 0.3) is 6.08 Å². The molecule has 118 valence electrons. The monoisotopic (exact) mass is 355 g/mol. The van der Waals surface area contributed by atoms with E-state index in [-0.39, 0.29) is 12.5 Å². The summed E-state index contributed by atoms with van der Waals surface area (Å²) in [7, 11) is 0. The van der Waals surface area contributed by atoms with Crippen LogP contribution in [0.2, 0.25) is 0 Å². The van der Waals surface area contributed by atoms with Crippen molar-refractivity contribution in [2.45, 2.75) is 26.7 Å².